The predicted molar refractivity (Wildman–Crippen MR) is 101 cm³/mol. The SMILES string of the molecule is CCCCCCCCCCCCCCCCCC(=O)[O-].O=S(=O)([O-])[O-].[Ga+3]. The van der Waals surface area contributed by atoms with Gasteiger partial charge in [0.05, 0.1) is 0 Å². The molecule has 0 fully saturated rings. The van der Waals surface area contributed by atoms with Crippen molar-refractivity contribution in [1.82, 2.24) is 0 Å². The van der Waals surface area contributed by atoms with Crippen LogP contribution in [0, 0.1) is 0 Å². The first-order chi connectivity index (χ1) is 11.8. The zero-order valence-corrected chi connectivity index (χ0v) is 19.5. The van der Waals surface area contributed by atoms with E-state index in [-0.39, 0.29) is 26.2 Å². The summed E-state index contributed by atoms with van der Waals surface area (Å²) in [5, 5.41) is 10.2. The molecule has 0 rings (SSSR count). The minimum atomic E-state index is -5.17. The molecule has 0 aliphatic rings. The molecule has 6 nitrogen and oxygen atoms in total. The first-order valence-electron chi connectivity index (χ1n) is 9.64. The van der Waals surface area contributed by atoms with Crippen molar-refractivity contribution in [3.8, 4) is 0 Å². The minimum absolute atomic E-state index is 0. The summed E-state index contributed by atoms with van der Waals surface area (Å²) in [6.07, 6.45) is 19.9. The number of carbonyl (C=O) groups excluding carboxylic acids is 1. The van der Waals surface area contributed by atoms with Gasteiger partial charge in [0.15, 0.2) is 0 Å². The Kier molecular flexibility index (Phi) is 27.2. The van der Waals surface area contributed by atoms with E-state index in [1.807, 2.05) is 0 Å². The van der Waals surface area contributed by atoms with Crippen molar-refractivity contribution >= 4 is 36.2 Å². The Morgan fingerprint density at radius 3 is 1.12 bits per heavy atom. The van der Waals surface area contributed by atoms with Gasteiger partial charge in [-0.05, 0) is 12.8 Å². The second-order valence-electron chi connectivity index (χ2n) is 6.48. The van der Waals surface area contributed by atoms with Gasteiger partial charge >= 0.3 is 19.8 Å². The van der Waals surface area contributed by atoms with E-state index >= 15 is 0 Å². The summed E-state index contributed by atoms with van der Waals surface area (Å²) in [6.45, 7) is 2.27. The Hall–Kier alpha value is -0.0236. The molecule has 0 radical (unpaired) electrons. The molecule has 0 aliphatic heterocycles. The molecule has 0 amide bonds. The number of aliphatic carboxylic acids is 1. The van der Waals surface area contributed by atoms with Crippen molar-refractivity contribution in [2.75, 3.05) is 0 Å². The molecule has 0 aliphatic carbocycles. The molecule has 0 saturated carbocycles. The van der Waals surface area contributed by atoms with Crippen LogP contribution in [0.15, 0.2) is 0 Å². The number of carboxylic acid groups (broad SMARTS) is 1. The number of unbranched alkanes of at least 4 members (excludes halogenated alkanes) is 14. The van der Waals surface area contributed by atoms with E-state index in [0.717, 1.165) is 12.8 Å². The van der Waals surface area contributed by atoms with Crippen LogP contribution in [0.25, 0.3) is 0 Å². The zero-order valence-electron chi connectivity index (χ0n) is 16.2. The Bertz CT molecular complexity index is 379. The van der Waals surface area contributed by atoms with Crippen LogP contribution in [0.1, 0.15) is 110 Å². The Morgan fingerprint density at radius 2 is 0.885 bits per heavy atom. The Labute approximate surface area is 173 Å². The maximum absolute atomic E-state index is 10.2. The van der Waals surface area contributed by atoms with Crippen molar-refractivity contribution < 1.29 is 27.4 Å². The molecule has 0 heterocycles. The number of hydrogen-bond donors (Lipinski definition) is 0. The second kappa shape index (κ2) is 23.0. The molecule has 0 aromatic carbocycles. The first kappa shape index (κ1) is 30.7. The summed E-state index contributed by atoms with van der Waals surface area (Å²) in [5.74, 6) is -0.903. The molecular formula is C18H35GaO6S. The van der Waals surface area contributed by atoms with E-state index in [2.05, 4.69) is 6.92 Å². The van der Waals surface area contributed by atoms with Crippen molar-refractivity contribution in [2.24, 2.45) is 0 Å². The van der Waals surface area contributed by atoms with Crippen molar-refractivity contribution in [2.45, 2.75) is 110 Å². The molecule has 8 heteroatoms. The number of carboxylic acids is 1. The summed E-state index contributed by atoms with van der Waals surface area (Å²) in [5.41, 5.74) is 0. The fourth-order valence-corrected chi connectivity index (χ4v) is 2.64. The molecule has 0 N–H and O–H groups in total. The zero-order chi connectivity index (χ0) is 19.4. The fourth-order valence-electron chi connectivity index (χ4n) is 2.64. The molecule has 0 bridgehead atoms. The summed E-state index contributed by atoms with van der Waals surface area (Å²) in [7, 11) is -5.17. The van der Waals surface area contributed by atoms with Crippen molar-refractivity contribution in [3.63, 3.8) is 0 Å². The first-order valence-corrected chi connectivity index (χ1v) is 11.0. The van der Waals surface area contributed by atoms with Crippen molar-refractivity contribution in [3.05, 3.63) is 0 Å². The third kappa shape index (κ3) is 43.9. The van der Waals surface area contributed by atoms with Gasteiger partial charge in [0.2, 0.25) is 0 Å². The standard InChI is InChI=1S/C18H36O2.Ga.H2O4S/c1-2-3-4-5-6-7-8-9-10-11-12-13-14-15-16-17-18(19)20;;1-5(2,3)4/h2-17H2,1H3,(H,19,20);;(H2,1,2,3,4)/q;+3;/p-3. The van der Waals surface area contributed by atoms with Gasteiger partial charge in [0.1, 0.15) is 0 Å². The van der Waals surface area contributed by atoms with E-state index in [1.165, 1.54) is 83.5 Å². The number of hydrogen-bond acceptors (Lipinski definition) is 6. The minimum Gasteiger partial charge on any atom is -0.759 e. The molecular weight excluding hydrogens is 414 g/mol. The molecule has 0 aromatic heterocycles. The molecule has 0 unspecified atom stereocenters. The molecule has 0 spiro atoms. The van der Waals surface area contributed by atoms with Gasteiger partial charge in [-0.3, -0.25) is 8.42 Å². The van der Waals surface area contributed by atoms with Crippen LogP contribution in [0.5, 0.6) is 0 Å². The van der Waals surface area contributed by atoms with E-state index < -0.39 is 16.4 Å². The maximum Gasteiger partial charge on any atom is 3.00 e. The number of carbonyl (C=O) groups is 1. The van der Waals surface area contributed by atoms with Crippen molar-refractivity contribution in [1.29, 1.82) is 0 Å². The van der Waals surface area contributed by atoms with Crippen LogP contribution < -0.4 is 5.11 Å². The molecule has 0 aromatic rings. The largest absolute Gasteiger partial charge is 3.00 e. The van der Waals surface area contributed by atoms with Crippen LogP contribution in [-0.2, 0) is 15.2 Å². The van der Waals surface area contributed by atoms with Gasteiger partial charge in [-0.1, -0.05) is 96.8 Å². The molecule has 0 saturated heterocycles. The smallest absolute Gasteiger partial charge is 0.759 e. The third-order valence-corrected chi connectivity index (χ3v) is 3.98. The van der Waals surface area contributed by atoms with E-state index in [1.54, 1.807) is 0 Å². The van der Waals surface area contributed by atoms with Gasteiger partial charge in [0.25, 0.3) is 0 Å². The van der Waals surface area contributed by atoms with Gasteiger partial charge in [-0.15, -0.1) is 0 Å². The van der Waals surface area contributed by atoms with E-state index in [0.29, 0.717) is 0 Å². The second-order valence-corrected chi connectivity index (χ2v) is 7.30. The fraction of sp³-hybridized carbons (Fsp3) is 0.944. The van der Waals surface area contributed by atoms with Gasteiger partial charge < -0.3 is 19.0 Å². The Morgan fingerprint density at radius 1 is 0.654 bits per heavy atom. The van der Waals surface area contributed by atoms with Crippen LogP contribution in [0.4, 0.5) is 0 Å². The van der Waals surface area contributed by atoms with Gasteiger partial charge in [-0.25, -0.2) is 0 Å². The molecule has 26 heavy (non-hydrogen) atoms. The topological polar surface area (TPSA) is 120 Å². The van der Waals surface area contributed by atoms with Crippen LogP contribution in [0.2, 0.25) is 0 Å². The van der Waals surface area contributed by atoms with Gasteiger partial charge in [0, 0.05) is 16.4 Å². The summed E-state index contributed by atoms with van der Waals surface area (Å²) < 4.78 is 34.1. The van der Waals surface area contributed by atoms with Gasteiger partial charge in [-0.2, -0.15) is 0 Å². The van der Waals surface area contributed by atoms with Crippen LogP contribution >= 0.6 is 0 Å². The Balaban J connectivity index is -0.000000772. The average Bonchev–Trinajstić information content (AvgIpc) is 2.49. The van der Waals surface area contributed by atoms with Crippen LogP contribution in [0.3, 0.4) is 0 Å². The van der Waals surface area contributed by atoms with E-state index in [9.17, 15) is 9.90 Å². The molecule has 0 atom stereocenters. The summed E-state index contributed by atoms with van der Waals surface area (Å²) in [4.78, 5) is 10.2. The van der Waals surface area contributed by atoms with E-state index in [4.69, 9.17) is 17.5 Å². The quantitative estimate of drug-likeness (QED) is 0.154. The predicted octanol–water partition coefficient (Wildman–Crippen LogP) is 3.28. The summed E-state index contributed by atoms with van der Waals surface area (Å²) in [6, 6.07) is 0. The molecule has 152 valence electrons. The monoisotopic (exact) mass is 448 g/mol. The summed E-state index contributed by atoms with van der Waals surface area (Å²) >= 11 is 0. The maximum atomic E-state index is 10.2. The third-order valence-electron chi connectivity index (χ3n) is 3.98. The average molecular weight is 449 g/mol. The normalized spacial score (nSPS) is 10.6. The van der Waals surface area contributed by atoms with Crippen LogP contribution in [-0.4, -0.2) is 43.3 Å². The number of rotatable bonds is 16.